The molecule has 0 spiro atoms. The number of hydrogen-bond donors (Lipinski definition) is 0. The summed E-state index contributed by atoms with van der Waals surface area (Å²) in [5.74, 6) is 0. The molecule has 3 aliphatic rings. The van der Waals surface area contributed by atoms with Gasteiger partial charge in [0.05, 0.1) is 0 Å². The van der Waals surface area contributed by atoms with Crippen molar-refractivity contribution in [2.75, 3.05) is 0 Å². The van der Waals surface area contributed by atoms with Crippen molar-refractivity contribution in [1.82, 2.24) is 0 Å². The van der Waals surface area contributed by atoms with Crippen LogP contribution in [-0.4, -0.2) is 8.07 Å². The van der Waals surface area contributed by atoms with Gasteiger partial charge in [-0.15, -0.1) is 0 Å². The summed E-state index contributed by atoms with van der Waals surface area (Å²) < 4.78 is 6.44. The SMILES string of the molecule is CC1=C(c2cccc3ccc4ccccc4c23)c2c3cccc2[Si](C)(c2ccccc2)c2cccc4c2C(c2cccc5ccc6ccccc6c25)=C(C)[CH]4[Zr]([CH3])([CH3])[CH]13. The van der Waals surface area contributed by atoms with Crippen LogP contribution in [0.25, 0.3) is 54.2 Å². The molecule has 0 nitrogen and oxygen atoms in total. The van der Waals surface area contributed by atoms with Crippen LogP contribution < -0.4 is 15.6 Å². The topological polar surface area (TPSA) is 0 Å². The third-order valence-electron chi connectivity index (χ3n) is 15.0. The molecule has 282 valence electrons. The fourth-order valence-corrected chi connectivity index (χ4v) is 29.0. The average Bonchev–Trinajstić information content (AvgIpc) is 3.75. The van der Waals surface area contributed by atoms with E-state index >= 15 is 0 Å². The van der Waals surface area contributed by atoms with Crippen LogP contribution in [0.5, 0.6) is 0 Å². The van der Waals surface area contributed by atoms with E-state index in [4.69, 9.17) is 0 Å². The predicted molar refractivity (Wildman–Crippen MR) is 253 cm³/mol. The molecule has 1 heterocycles. The van der Waals surface area contributed by atoms with Gasteiger partial charge >= 0.3 is 355 Å². The Morgan fingerprint density at radius 3 is 1.31 bits per heavy atom. The fraction of sp³-hybridized carbons (Fsp3) is 0.123. The quantitative estimate of drug-likeness (QED) is 0.123. The Kier molecular flexibility index (Phi) is 7.71. The van der Waals surface area contributed by atoms with Crippen molar-refractivity contribution in [2.45, 2.75) is 36.9 Å². The van der Waals surface area contributed by atoms with Crippen LogP contribution in [0.2, 0.25) is 15.8 Å². The molecule has 0 radical (unpaired) electrons. The van der Waals surface area contributed by atoms with Gasteiger partial charge in [-0.1, -0.05) is 0 Å². The summed E-state index contributed by atoms with van der Waals surface area (Å²) in [7, 11) is -2.74. The molecule has 8 bridgehead atoms. The average molecular weight is 850 g/mol. The molecule has 12 rings (SSSR count). The minimum atomic E-state index is -3.37. The second-order valence-corrected chi connectivity index (χ2v) is 33.9. The first-order valence-electron chi connectivity index (χ1n) is 21.3. The van der Waals surface area contributed by atoms with Gasteiger partial charge in [0.2, 0.25) is 0 Å². The summed E-state index contributed by atoms with van der Waals surface area (Å²) in [5, 5.41) is 15.3. The van der Waals surface area contributed by atoms with Gasteiger partial charge in [0.15, 0.2) is 0 Å². The van der Waals surface area contributed by atoms with Crippen molar-refractivity contribution in [3.63, 3.8) is 0 Å². The van der Waals surface area contributed by atoms with Crippen molar-refractivity contribution in [3.05, 3.63) is 220 Å². The Balaban J connectivity index is 1.25. The van der Waals surface area contributed by atoms with Crippen molar-refractivity contribution >= 4 is 77.9 Å². The van der Waals surface area contributed by atoms with Gasteiger partial charge in [-0.25, -0.2) is 0 Å². The van der Waals surface area contributed by atoms with Crippen LogP contribution in [0.1, 0.15) is 54.5 Å². The maximum atomic E-state index is 2.79. The van der Waals surface area contributed by atoms with E-state index in [9.17, 15) is 0 Å². The number of allylic oxidation sites excluding steroid dienone is 2. The monoisotopic (exact) mass is 848 g/mol. The van der Waals surface area contributed by atoms with E-state index in [2.05, 4.69) is 206 Å². The molecule has 2 atom stereocenters. The number of fused-ring (bicyclic) bond motifs is 6. The van der Waals surface area contributed by atoms with Crippen LogP contribution in [0.15, 0.2) is 187 Å². The van der Waals surface area contributed by atoms with Crippen molar-refractivity contribution < 1.29 is 20.3 Å². The molecule has 1 aliphatic heterocycles. The molecule has 2 unspecified atom stereocenters. The number of rotatable bonds is 3. The Hall–Kier alpha value is -5.40. The fourth-order valence-electron chi connectivity index (χ4n) is 12.7. The second-order valence-electron chi connectivity index (χ2n) is 18.2. The van der Waals surface area contributed by atoms with Gasteiger partial charge < -0.3 is 0 Å². The molecule has 2 aliphatic carbocycles. The summed E-state index contributed by atoms with van der Waals surface area (Å²) in [6, 6.07) is 68.2. The molecular weight excluding hydrogens is 804 g/mol. The van der Waals surface area contributed by atoms with Gasteiger partial charge in [0, 0.05) is 0 Å². The standard InChI is InChI=1S/C55H40Si.2CH3.Zr/c1-35-33-41-19-13-27-48(54(41)50(35)46-25-11-17-39-31-29-37-15-7-9-23-44(37)52(39)46)56(3,43-21-5-4-6-22-43)49-28-14-20-42-34-36(2)51(55(42)49)47-26-12-18-40-32-30-38-16-8-10-24-45(38)53(40)47;;;/h4-34H,1-3H3;2*1H3;. The minimum absolute atomic E-state index is 0.427. The zero-order valence-corrected chi connectivity index (χ0v) is 37.9. The normalized spacial score (nSPS) is 20.4. The Morgan fingerprint density at radius 1 is 0.407 bits per heavy atom. The van der Waals surface area contributed by atoms with E-state index < -0.39 is 28.3 Å². The van der Waals surface area contributed by atoms with E-state index in [1.165, 1.54) is 81.7 Å². The van der Waals surface area contributed by atoms with Crippen molar-refractivity contribution in [3.8, 4) is 0 Å². The maximum absolute atomic E-state index is 3.37. The zero-order valence-electron chi connectivity index (χ0n) is 34.4. The van der Waals surface area contributed by atoms with E-state index in [1.54, 1.807) is 32.6 Å². The zero-order chi connectivity index (χ0) is 39.8. The molecule has 9 aromatic rings. The first-order valence-corrected chi connectivity index (χ1v) is 31.6. The molecule has 59 heavy (non-hydrogen) atoms. The van der Waals surface area contributed by atoms with Crippen molar-refractivity contribution in [2.24, 2.45) is 0 Å². The van der Waals surface area contributed by atoms with Crippen LogP contribution in [0.4, 0.5) is 0 Å². The Bertz CT molecular complexity index is 3150. The van der Waals surface area contributed by atoms with Gasteiger partial charge in [-0.3, -0.25) is 0 Å². The third-order valence-corrected chi connectivity index (χ3v) is 30.4. The molecular formula is C57H46SiZr. The first-order chi connectivity index (χ1) is 28.8. The molecule has 2 heteroatoms. The van der Waals surface area contributed by atoms with Crippen LogP contribution >= 0.6 is 0 Å². The Labute approximate surface area is 353 Å². The summed E-state index contributed by atoms with van der Waals surface area (Å²) in [5.41, 5.74) is 15.2. The van der Waals surface area contributed by atoms with Gasteiger partial charge in [-0.2, -0.15) is 0 Å². The first kappa shape index (κ1) is 35.5. The van der Waals surface area contributed by atoms with Crippen LogP contribution in [-0.2, 0) is 20.3 Å². The van der Waals surface area contributed by atoms with Crippen LogP contribution in [0, 0.1) is 0 Å². The molecule has 0 saturated carbocycles. The molecule has 0 fully saturated rings. The second kappa shape index (κ2) is 12.8. The van der Waals surface area contributed by atoms with Crippen LogP contribution in [0.3, 0.4) is 0 Å². The molecule has 0 aromatic heterocycles. The molecule has 0 N–H and O–H groups in total. The van der Waals surface area contributed by atoms with E-state index in [0.29, 0.717) is 7.25 Å². The van der Waals surface area contributed by atoms with Gasteiger partial charge in [-0.05, 0) is 0 Å². The molecule has 0 saturated heterocycles. The van der Waals surface area contributed by atoms with Crippen molar-refractivity contribution in [1.29, 1.82) is 0 Å². The summed E-state index contributed by atoms with van der Waals surface area (Å²) >= 11 is -3.37. The third kappa shape index (κ3) is 4.74. The Morgan fingerprint density at radius 2 is 0.814 bits per heavy atom. The van der Waals surface area contributed by atoms with E-state index in [0.717, 1.165) is 0 Å². The van der Waals surface area contributed by atoms with E-state index in [-0.39, 0.29) is 0 Å². The molecule has 9 aromatic carbocycles. The predicted octanol–water partition coefficient (Wildman–Crippen LogP) is 13.4. The molecule has 0 amide bonds. The summed E-state index contributed by atoms with van der Waals surface area (Å²) in [6.45, 7) is 7.75. The number of benzene rings is 9. The summed E-state index contributed by atoms with van der Waals surface area (Å²) in [6.07, 6.45) is 0. The number of hydrogen-bond acceptors (Lipinski definition) is 0. The van der Waals surface area contributed by atoms with E-state index in [1.807, 2.05) is 0 Å². The van der Waals surface area contributed by atoms with Gasteiger partial charge in [0.25, 0.3) is 0 Å². The summed E-state index contributed by atoms with van der Waals surface area (Å²) in [4.78, 5) is 0. The van der Waals surface area contributed by atoms with Gasteiger partial charge in [0.1, 0.15) is 0 Å².